The van der Waals surface area contributed by atoms with Gasteiger partial charge >= 0.3 is 0 Å². The summed E-state index contributed by atoms with van der Waals surface area (Å²) in [5, 5.41) is 14.6. The quantitative estimate of drug-likeness (QED) is 0.901. The third-order valence-electron chi connectivity index (χ3n) is 4.21. The predicted molar refractivity (Wildman–Crippen MR) is 77.0 cm³/mol. The molecule has 22 heavy (non-hydrogen) atoms. The highest BCUT2D eigenvalue weighted by Crippen LogP contribution is 2.40. The van der Waals surface area contributed by atoms with Crippen molar-refractivity contribution in [3.05, 3.63) is 35.9 Å². The Balaban J connectivity index is 1.45. The zero-order chi connectivity index (χ0) is 15.3. The zero-order valence-corrected chi connectivity index (χ0v) is 12.5. The second-order valence-corrected chi connectivity index (χ2v) is 6.31. The molecule has 4 rings (SSSR count). The van der Waals surface area contributed by atoms with E-state index >= 15 is 0 Å². The second-order valence-electron chi connectivity index (χ2n) is 6.31. The minimum Gasteiger partial charge on any atom is -0.387 e. The van der Waals surface area contributed by atoms with Gasteiger partial charge < -0.3 is 24.2 Å². The van der Waals surface area contributed by atoms with Crippen LogP contribution in [0.15, 0.2) is 35.5 Å². The molecule has 0 bridgehead atoms. The maximum atomic E-state index is 10.4. The third kappa shape index (κ3) is 2.32. The van der Waals surface area contributed by atoms with Crippen molar-refractivity contribution in [2.45, 2.75) is 56.8 Å². The highest BCUT2D eigenvalue weighted by atomic mass is 16.8. The molecule has 3 aliphatic rings. The van der Waals surface area contributed by atoms with Crippen molar-refractivity contribution in [1.29, 1.82) is 0 Å². The van der Waals surface area contributed by atoms with Gasteiger partial charge in [0.2, 0.25) is 0 Å². The molecule has 3 heterocycles. The molecule has 0 radical (unpaired) electrons. The minimum atomic E-state index is -0.802. The summed E-state index contributed by atoms with van der Waals surface area (Å²) in [5.74, 6) is -0.734. The number of aliphatic hydroxyl groups excluding tert-OH is 1. The van der Waals surface area contributed by atoms with E-state index in [2.05, 4.69) is 5.16 Å². The summed E-state index contributed by atoms with van der Waals surface area (Å²) in [6.45, 7) is 3.61. The van der Waals surface area contributed by atoms with Crippen LogP contribution in [0, 0.1) is 0 Å². The highest BCUT2D eigenvalue weighted by molar-refractivity contribution is 5.90. The summed E-state index contributed by atoms with van der Waals surface area (Å²) in [5.41, 5.74) is 1.75. The average Bonchev–Trinajstić information content (AvgIpc) is 3.15. The molecule has 6 nitrogen and oxygen atoms in total. The van der Waals surface area contributed by atoms with Crippen LogP contribution in [-0.2, 0) is 19.0 Å². The molecule has 0 aromatic heterocycles. The van der Waals surface area contributed by atoms with E-state index in [0.717, 1.165) is 5.56 Å². The number of hydrogen-bond donors (Lipinski definition) is 1. The summed E-state index contributed by atoms with van der Waals surface area (Å²) < 4.78 is 17.1. The van der Waals surface area contributed by atoms with E-state index in [4.69, 9.17) is 19.0 Å². The molecule has 1 unspecified atom stereocenters. The van der Waals surface area contributed by atoms with Crippen molar-refractivity contribution < 1.29 is 24.2 Å². The molecule has 2 saturated heterocycles. The van der Waals surface area contributed by atoms with Gasteiger partial charge in [-0.1, -0.05) is 35.5 Å². The standard InChI is InChI=1S/C16H19NO5/c1-16(2)20-14-12(18)13(19-15(14)21-16)10-8-11(22-17-10)9-6-4-3-5-7-9/h3-7,11-15,18H,8H2,1-2H3/t11?,12-,13+,14+,15+/m0/s1. The fourth-order valence-electron chi connectivity index (χ4n) is 3.18. The number of oxime groups is 1. The molecule has 0 amide bonds. The monoisotopic (exact) mass is 305 g/mol. The number of fused-ring (bicyclic) bond motifs is 1. The molecule has 0 aliphatic carbocycles. The van der Waals surface area contributed by atoms with E-state index in [1.165, 1.54) is 0 Å². The topological polar surface area (TPSA) is 69.5 Å². The first-order valence-corrected chi connectivity index (χ1v) is 7.50. The lowest BCUT2D eigenvalue weighted by molar-refractivity contribution is -0.207. The van der Waals surface area contributed by atoms with Crippen LogP contribution in [0.4, 0.5) is 0 Å². The van der Waals surface area contributed by atoms with Gasteiger partial charge in [-0.25, -0.2) is 0 Å². The minimum absolute atomic E-state index is 0.134. The Hall–Kier alpha value is -1.47. The van der Waals surface area contributed by atoms with E-state index in [0.29, 0.717) is 12.1 Å². The molecule has 118 valence electrons. The maximum absolute atomic E-state index is 10.4. The van der Waals surface area contributed by atoms with Gasteiger partial charge in [0.1, 0.15) is 18.3 Å². The number of hydrogen-bond acceptors (Lipinski definition) is 6. The largest absolute Gasteiger partial charge is 0.387 e. The van der Waals surface area contributed by atoms with E-state index in [-0.39, 0.29) is 6.10 Å². The first-order valence-electron chi connectivity index (χ1n) is 7.50. The maximum Gasteiger partial charge on any atom is 0.190 e. The molecule has 1 aromatic carbocycles. The van der Waals surface area contributed by atoms with Gasteiger partial charge in [0, 0.05) is 6.42 Å². The number of rotatable bonds is 2. The van der Waals surface area contributed by atoms with Gasteiger partial charge in [-0.15, -0.1) is 0 Å². The Labute approximate surface area is 128 Å². The Bertz CT molecular complexity index is 587. The Morgan fingerprint density at radius 3 is 2.68 bits per heavy atom. The van der Waals surface area contributed by atoms with Gasteiger partial charge in [-0.2, -0.15) is 0 Å². The van der Waals surface area contributed by atoms with Crippen LogP contribution >= 0.6 is 0 Å². The van der Waals surface area contributed by atoms with Crippen LogP contribution in [0.5, 0.6) is 0 Å². The van der Waals surface area contributed by atoms with Crippen LogP contribution in [-0.4, -0.2) is 41.2 Å². The van der Waals surface area contributed by atoms with Crippen LogP contribution in [0.2, 0.25) is 0 Å². The van der Waals surface area contributed by atoms with E-state index < -0.39 is 30.4 Å². The lowest BCUT2D eigenvalue weighted by Crippen LogP contribution is -2.38. The third-order valence-corrected chi connectivity index (χ3v) is 4.21. The van der Waals surface area contributed by atoms with E-state index in [9.17, 15) is 5.11 Å². The molecule has 5 atom stereocenters. The average molecular weight is 305 g/mol. The van der Waals surface area contributed by atoms with Gasteiger partial charge in [0.05, 0.1) is 5.71 Å². The molecule has 3 aliphatic heterocycles. The summed E-state index contributed by atoms with van der Waals surface area (Å²) in [6.07, 6.45) is -1.93. The molecule has 2 fully saturated rings. The molecule has 1 N–H and O–H groups in total. The zero-order valence-electron chi connectivity index (χ0n) is 12.5. The summed E-state index contributed by atoms with van der Waals surface area (Å²) in [7, 11) is 0. The second kappa shape index (κ2) is 5.03. The number of aliphatic hydroxyl groups is 1. The van der Waals surface area contributed by atoms with Crippen LogP contribution in [0.1, 0.15) is 31.9 Å². The highest BCUT2D eigenvalue weighted by Gasteiger charge is 2.56. The first kappa shape index (κ1) is 14.1. The number of ether oxygens (including phenoxy) is 3. The van der Waals surface area contributed by atoms with Crippen molar-refractivity contribution >= 4 is 5.71 Å². The van der Waals surface area contributed by atoms with E-state index in [1.54, 1.807) is 13.8 Å². The Kier molecular flexibility index (Phi) is 3.23. The lowest BCUT2D eigenvalue weighted by atomic mass is 9.99. The van der Waals surface area contributed by atoms with Gasteiger partial charge in [0.25, 0.3) is 0 Å². The van der Waals surface area contributed by atoms with Crippen molar-refractivity contribution in [1.82, 2.24) is 0 Å². The molecule has 6 heteroatoms. The lowest BCUT2D eigenvalue weighted by Gasteiger charge is -2.22. The van der Waals surface area contributed by atoms with Crippen LogP contribution in [0.3, 0.4) is 0 Å². The summed E-state index contributed by atoms with van der Waals surface area (Å²) >= 11 is 0. The molecule has 0 saturated carbocycles. The molecular formula is C16H19NO5. The Morgan fingerprint density at radius 1 is 1.18 bits per heavy atom. The van der Waals surface area contributed by atoms with Gasteiger partial charge in [0.15, 0.2) is 18.2 Å². The predicted octanol–water partition coefficient (Wildman–Crippen LogP) is 1.74. The van der Waals surface area contributed by atoms with E-state index in [1.807, 2.05) is 30.3 Å². The normalized spacial score (nSPS) is 39.4. The molecule has 1 aromatic rings. The number of benzene rings is 1. The van der Waals surface area contributed by atoms with Gasteiger partial charge in [-0.3, -0.25) is 0 Å². The number of nitrogens with zero attached hydrogens (tertiary/aromatic N) is 1. The SMILES string of the molecule is CC1(C)O[C@H]2O[C@H](C3=NOC(c4ccccc4)C3)[C@H](O)[C@H]2O1. The van der Waals surface area contributed by atoms with Gasteiger partial charge in [-0.05, 0) is 19.4 Å². The van der Waals surface area contributed by atoms with Crippen LogP contribution < -0.4 is 0 Å². The molecular weight excluding hydrogens is 286 g/mol. The van der Waals surface area contributed by atoms with Crippen molar-refractivity contribution in [2.75, 3.05) is 0 Å². The fraction of sp³-hybridized carbons (Fsp3) is 0.562. The summed E-state index contributed by atoms with van der Waals surface area (Å²) in [6, 6.07) is 9.89. The van der Waals surface area contributed by atoms with Crippen molar-refractivity contribution in [3.63, 3.8) is 0 Å². The Morgan fingerprint density at radius 2 is 1.95 bits per heavy atom. The van der Waals surface area contributed by atoms with Crippen molar-refractivity contribution in [2.24, 2.45) is 5.16 Å². The van der Waals surface area contributed by atoms with Crippen LogP contribution in [0.25, 0.3) is 0 Å². The van der Waals surface area contributed by atoms with Crippen molar-refractivity contribution in [3.8, 4) is 0 Å². The first-order chi connectivity index (χ1) is 10.5. The fourth-order valence-corrected chi connectivity index (χ4v) is 3.18. The smallest absolute Gasteiger partial charge is 0.190 e. The summed E-state index contributed by atoms with van der Waals surface area (Å²) in [4.78, 5) is 5.49. The molecule has 0 spiro atoms.